The van der Waals surface area contributed by atoms with Gasteiger partial charge in [0.2, 0.25) is 5.91 Å². The number of likely N-dealkylation sites (tertiary alicyclic amines) is 1. The Balaban J connectivity index is 1.60. The molecule has 1 aliphatic heterocycles. The molecule has 19 heavy (non-hydrogen) atoms. The van der Waals surface area contributed by atoms with Gasteiger partial charge in [0, 0.05) is 6.54 Å². The standard InChI is InChI=1S/C15H29N3O/c16-15(8-3-1-4-9-15)14(19)17-10-7-13-18-11-5-2-6-12-18/h1-13,16H2,(H,17,19). The summed E-state index contributed by atoms with van der Waals surface area (Å²) < 4.78 is 0. The van der Waals surface area contributed by atoms with E-state index >= 15 is 0 Å². The third kappa shape index (κ3) is 4.46. The van der Waals surface area contributed by atoms with Gasteiger partial charge in [0.25, 0.3) is 0 Å². The zero-order valence-electron chi connectivity index (χ0n) is 12.1. The SMILES string of the molecule is NC1(C(=O)NCCCN2CCCCC2)CCCCC1. The quantitative estimate of drug-likeness (QED) is 0.745. The highest BCUT2D eigenvalue weighted by Crippen LogP contribution is 2.25. The van der Waals surface area contributed by atoms with Crippen molar-refractivity contribution in [3.05, 3.63) is 0 Å². The van der Waals surface area contributed by atoms with E-state index in [0.717, 1.165) is 45.2 Å². The van der Waals surface area contributed by atoms with E-state index in [2.05, 4.69) is 10.2 Å². The predicted molar refractivity (Wildman–Crippen MR) is 77.9 cm³/mol. The van der Waals surface area contributed by atoms with Crippen molar-refractivity contribution in [2.75, 3.05) is 26.2 Å². The molecule has 0 atom stereocenters. The first-order valence-corrected chi connectivity index (χ1v) is 8.00. The van der Waals surface area contributed by atoms with Crippen LogP contribution < -0.4 is 11.1 Å². The van der Waals surface area contributed by atoms with E-state index in [1.54, 1.807) is 0 Å². The first kappa shape index (κ1) is 14.8. The van der Waals surface area contributed by atoms with E-state index in [9.17, 15) is 4.79 Å². The van der Waals surface area contributed by atoms with E-state index in [-0.39, 0.29) is 5.91 Å². The largest absolute Gasteiger partial charge is 0.354 e. The van der Waals surface area contributed by atoms with E-state index in [4.69, 9.17) is 5.73 Å². The van der Waals surface area contributed by atoms with Gasteiger partial charge in [-0.1, -0.05) is 25.7 Å². The minimum atomic E-state index is -0.580. The van der Waals surface area contributed by atoms with Crippen LogP contribution in [0.1, 0.15) is 57.8 Å². The maximum Gasteiger partial charge on any atom is 0.240 e. The van der Waals surface area contributed by atoms with Crippen molar-refractivity contribution >= 4 is 5.91 Å². The van der Waals surface area contributed by atoms with Gasteiger partial charge in [0.15, 0.2) is 0 Å². The first-order valence-electron chi connectivity index (χ1n) is 8.00. The summed E-state index contributed by atoms with van der Waals surface area (Å²) >= 11 is 0. The van der Waals surface area contributed by atoms with Gasteiger partial charge in [0.05, 0.1) is 5.54 Å². The van der Waals surface area contributed by atoms with Gasteiger partial charge in [-0.05, 0) is 51.7 Å². The minimum Gasteiger partial charge on any atom is -0.354 e. The molecule has 1 saturated carbocycles. The maximum absolute atomic E-state index is 12.1. The van der Waals surface area contributed by atoms with Crippen molar-refractivity contribution in [3.8, 4) is 0 Å². The van der Waals surface area contributed by atoms with Crippen LogP contribution in [0, 0.1) is 0 Å². The Kier molecular flexibility index (Phi) is 5.64. The molecule has 2 rings (SSSR count). The summed E-state index contributed by atoms with van der Waals surface area (Å²) in [6.07, 6.45) is 10.2. The summed E-state index contributed by atoms with van der Waals surface area (Å²) in [5.74, 6) is 0.0749. The molecule has 1 heterocycles. The third-order valence-corrected chi connectivity index (χ3v) is 4.58. The average molecular weight is 267 g/mol. The summed E-state index contributed by atoms with van der Waals surface area (Å²) in [6, 6.07) is 0. The minimum absolute atomic E-state index is 0.0749. The van der Waals surface area contributed by atoms with Gasteiger partial charge in [-0.25, -0.2) is 0 Å². The molecule has 1 amide bonds. The molecule has 1 aliphatic carbocycles. The Hall–Kier alpha value is -0.610. The number of carbonyl (C=O) groups excluding carboxylic acids is 1. The van der Waals surface area contributed by atoms with Crippen LogP contribution in [0.25, 0.3) is 0 Å². The highest BCUT2D eigenvalue weighted by Gasteiger charge is 2.34. The zero-order valence-corrected chi connectivity index (χ0v) is 12.1. The Morgan fingerprint density at radius 2 is 1.68 bits per heavy atom. The number of amides is 1. The van der Waals surface area contributed by atoms with E-state index in [0.29, 0.717) is 0 Å². The van der Waals surface area contributed by atoms with Crippen molar-refractivity contribution < 1.29 is 4.79 Å². The number of carbonyl (C=O) groups is 1. The molecule has 0 bridgehead atoms. The molecule has 2 aliphatic rings. The fraction of sp³-hybridized carbons (Fsp3) is 0.933. The number of nitrogens with zero attached hydrogens (tertiary/aromatic N) is 1. The molecule has 0 aromatic heterocycles. The van der Waals surface area contributed by atoms with Crippen LogP contribution in [0.3, 0.4) is 0 Å². The van der Waals surface area contributed by atoms with Crippen molar-refractivity contribution in [1.29, 1.82) is 0 Å². The number of hydrogen-bond acceptors (Lipinski definition) is 3. The molecule has 1 saturated heterocycles. The van der Waals surface area contributed by atoms with Crippen LogP contribution in [-0.2, 0) is 4.79 Å². The summed E-state index contributed by atoms with van der Waals surface area (Å²) in [4.78, 5) is 14.6. The molecule has 2 fully saturated rings. The zero-order chi connectivity index (χ0) is 13.6. The van der Waals surface area contributed by atoms with Crippen LogP contribution in [-0.4, -0.2) is 42.5 Å². The lowest BCUT2D eigenvalue weighted by atomic mass is 9.82. The molecule has 0 unspecified atom stereocenters. The molecule has 0 spiro atoms. The second-order valence-electron chi connectivity index (χ2n) is 6.23. The lowest BCUT2D eigenvalue weighted by Gasteiger charge is -2.32. The fourth-order valence-electron chi connectivity index (χ4n) is 3.27. The monoisotopic (exact) mass is 267 g/mol. The second-order valence-corrected chi connectivity index (χ2v) is 6.23. The van der Waals surface area contributed by atoms with Gasteiger partial charge in [0.1, 0.15) is 0 Å². The van der Waals surface area contributed by atoms with Gasteiger partial charge < -0.3 is 16.0 Å². The van der Waals surface area contributed by atoms with Gasteiger partial charge >= 0.3 is 0 Å². The molecular formula is C15H29N3O. The summed E-state index contributed by atoms with van der Waals surface area (Å²) in [7, 11) is 0. The number of nitrogens with two attached hydrogens (primary N) is 1. The summed E-state index contributed by atoms with van der Waals surface area (Å²) in [5, 5.41) is 3.04. The number of piperidine rings is 1. The Morgan fingerprint density at radius 3 is 2.37 bits per heavy atom. The molecular weight excluding hydrogens is 238 g/mol. The summed E-state index contributed by atoms with van der Waals surface area (Å²) in [5.41, 5.74) is 5.63. The molecule has 4 nitrogen and oxygen atoms in total. The predicted octanol–water partition coefficient (Wildman–Crippen LogP) is 1.64. The Morgan fingerprint density at radius 1 is 1.05 bits per heavy atom. The average Bonchev–Trinajstić information content (AvgIpc) is 2.45. The van der Waals surface area contributed by atoms with Crippen molar-refractivity contribution in [3.63, 3.8) is 0 Å². The number of hydrogen-bond donors (Lipinski definition) is 2. The molecule has 0 aromatic rings. The highest BCUT2D eigenvalue weighted by molar-refractivity contribution is 5.86. The van der Waals surface area contributed by atoms with Gasteiger partial charge in [-0.15, -0.1) is 0 Å². The fourth-order valence-corrected chi connectivity index (χ4v) is 3.27. The van der Waals surface area contributed by atoms with E-state index in [1.165, 1.54) is 38.8 Å². The molecule has 0 radical (unpaired) electrons. The van der Waals surface area contributed by atoms with Crippen LogP contribution in [0.4, 0.5) is 0 Å². The third-order valence-electron chi connectivity index (χ3n) is 4.58. The topological polar surface area (TPSA) is 58.4 Å². The van der Waals surface area contributed by atoms with Crippen LogP contribution in [0.5, 0.6) is 0 Å². The van der Waals surface area contributed by atoms with Crippen molar-refractivity contribution in [1.82, 2.24) is 10.2 Å². The van der Waals surface area contributed by atoms with Crippen molar-refractivity contribution in [2.45, 2.75) is 63.3 Å². The molecule has 4 heteroatoms. The lowest BCUT2D eigenvalue weighted by Crippen LogP contribution is -2.55. The maximum atomic E-state index is 12.1. The lowest BCUT2D eigenvalue weighted by molar-refractivity contribution is -0.127. The van der Waals surface area contributed by atoms with Crippen LogP contribution in [0.2, 0.25) is 0 Å². The van der Waals surface area contributed by atoms with Gasteiger partial charge in [-0.3, -0.25) is 4.79 Å². The van der Waals surface area contributed by atoms with E-state index in [1.807, 2.05) is 0 Å². The number of rotatable bonds is 5. The Bertz CT molecular complexity index is 281. The normalized spacial score (nSPS) is 24.1. The molecule has 110 valence electrons. The van der Waals surface area contributed by atoms with Crippen LogP contribution >= 0.6 is 0 Å². The first-order chi connectivity index (χ1) is 9.21. The molecule has 3 N–H and O–H groups in total. The summed E-state index contributed by atoms with van der Waals surface area (Å²) in [6.45, 7) is 4.34. The second kappa shape index (κ2) is 7.25. The van der Waals surface area contributed by atoms with Crippen LogP contribution in [0.15, 0.2) is 0 Å². The van der Waals surface area contributed by atoms with Crippen molar-refractivity contribution in [2.24, 2.45) is 5.73 Å². The Labute approximate surface area is 117 Å². The highest BCUT2D eigenvalue weighted by atomic mass is 16.2. The van der Waals surface area contributed by atoms with E-state index < -0.39 is 5.54 Å². The number of nitrogens with one attached hydrogen (secondary N) is 1. The van der Waals surface area contributed by atoms with Gasteiger partial charge in [-0.2, -0.15) is 0 Å². The smallest absolute Gasteiger partial charge is 0.240 e. The molecule has 0 aromatic carbocycles.